The summed E-state index contributed by atoms with van der Waals surface area (Å²) in [5, 5.41) is 8.77. The fraction of sp³-hybridized carbons (Fsp3) is 0.381. The molecule has 2 aliphatic rings. The van der Waals surface area contributed by atoms with E-state index in [1.807, 2.05) is 6.92 Å². The van der Waals surface area contributed by atoms with E-state index in [9.17, 15) is 0 Å². The molecular weight excluding hydrogens is 326 g/mol. The standard InChI is InChI=1S/C21H27N3S/c1-6-17(13-22)19(7-2)23-16(5)25-15(4)21-12-18-11-14(3)9-8-10-20(18)24-21/h6,8-9,11,13,15,22H,1,7,10,12H2,2-5H3/b19-17-,22-13?,23-16+. The number of hydrogen-bond acceptors (Lipinski definition) is 4. The number of aliphatic imine (C=N–C) groups is 2. The van der Waals surface area contributed by atoms with Crippen molar-refractivity contribution in [3.05, 3.63) is 59.0 Å². The van der Waals surface area contributed by atoms with E-state index in [-0.39, 0.29) is 0 Å². The van der Waals surface area contributed by atoms with Gasteiger partial charge in [-0.15, -0.1) is 11.8 Å². The fourth-order valence-corrected chi connectivity index (χ4v) is 3.90. The lowest BCUT2D eigenvalue weighted by atomic mass is 10.1. The zero-order chi connectivity index (χ0) is 18.4. The Morgan fingerprint density at radius 1 is 1.52 bits per heavy atom. The Labute approximate surface area is 155 Å². The van der Waals surface area contributed by atoms with Crippen LogP contribution in [0.5, 0.6) is 0 Å². The van der Waals surface area contributed by atoms with Gasteiger partial charge in [0.15, 0.2) is 0 Å². The molecule has 0 fully saturated rings. The highest BCUT2D eigenvalue weighted by molar-refractivity contribution is 8.15. The first-order chi connectivity index (χ1) is 12.0. The molecule has 4 heteroatoms. The highest BCUT2D eigenvalue weighted by atomic mass is 32.2. The maximum Gasteiger partial charge on any atom is 0.0710 e. The van der Waals surface area contributed by atoms with Gasteiger partial charge in [-0.1, -0.05) is 43.4 Å². The molecule has 1 N–H and O–H groups in total. The van der Waals surface area contributed by atoms with E-state index in [1.54, 1.807) is 17.8 Å². The fourth-order valence-electron chi connectivity index (χ4n) is 2.95. The van der Waals surface area contributed by atoms with Crippen molar-refractivity contribution in [2.24, 2.45) is 9.98 Å². The molecule has 0 amide bonds. The number of rotatable bonds is 6. The minimum atomic E-state index is 0.290. The van der Waals surface area contributed by atoms with Gasteiger partial charge < -0.3 is 5.41 Å². The molecule has 0 spiro atoms. The van der Waals surface area contributed by atoms with E-state index in [4.69, 9.17) is 15.4 Å². The Morgan fingerprint density at radius 2 is 2.28 bits per heavy atom. The normalized spacial score (nSPS) is 19.6. The predicted molar refractivity (Wildman–Crippen MR) is 113 cm³/mol. The van der Waals surface area contributed by atoms with Crippen molar-refractivity contribution in [1.82, 2.24) is 0 Å². The van der Waals surface area contributed by atoms with Crippen LogP contribution in [0, 0.1) is 5.41 Å². The molecule has 0 saturated heterocycles. The van der Waals surface area contributed by atoms with Gasteiger partial charge in [-0.2, -0.15) is 0 Å². The topological polar surface area (TPSA) is 48.6 Å². The highest BCUT2D eigenvalue weighted by Crippen LogP contribution is 2.31. The zero-order valence-corrected chi connectivity index (χ0v) is 16.4. The quantitative estimate of drug-likeness (QED) is 0.354. The van der Waals surface area contributed by atoms with Gasteiger partial charge in [0.05, 0.1) is 5.04 Å². The van der Waals surface area contributed by atoms with E-state index in [0.29, 0.717) is 5.25 Å². The van der Waals surface area contributed by atoms with Gasteiger partial charge in [0.1, 0.15) is 0 Å². The Bertz CT molecular complexity index is 735. The SMILES string of the molecule is C=C/C(C=N)=C(CC)/N=C(\C)SC(C)C1=NC2=C(C=C(C)C=CC2)C1. The molecule has 1 aliphatic heterocycles. The van der Waals surface area contributed by atoms with Gasteiger partial charge in [-0.3, -0.25) is 9.98 Å². The summed E-state index contributed by atoms with van der Waals surface area (Å²) in [5.74, 6) is 0. The molecular formula is C21H27N3S. The Kier molecular flexibility index (Phi) is 6.94. The molecule has 1 aliphatic carbocycles. The third-order valence-corrected chi connectivity index (χ3v) is 5.33. The minimum absolute atomic E-state index is 0.290. The first kappa shape index (κ1) is 19.4. The highest BCUT2D eigenvalue weighted by Gasteiger charge is 2.22. The van der Waals surface area contributed by atoms with Gasteiger partial charge in [-0.25, -0.2) is 0 Å². The Hall–Kier alpha value is -1.94. The van der Waals surface area contributed by atoms with E-state index < -0.39 is 0 Å². The third-order valence-electron chi connectivity index (χ3n) is 4.27. The summed E-state index contributed by atoms with van der Waals surface area (Å²) < 4.78 is 0. The monoisotopic (exact) mass is 353 g/mol. The molecule has 0 saturated carbocycles. The summed E-state index contributed by atoms with van der Waals surface area (Å²) in [6.07, 6.45) is 12.3. The van der Waals surface area contributed by atoms with Gasteiger partial charge >= 0.3 is 0 Å². The van der Waals surface area contributed by atoms with Crippen LogP contribution in [0.15, 0.2) is 69.0 Å². The molecule has 132 valence electrons. The summed E-state index contributed by atoms with van der Waals surface area (Å²) in [6, 6.07) is 0. The van der Waals surface area contributed by atoms with Crippen LogP contribution < -0.4 is 0 Å². The average molecular weight is 354 g/mol. The lowest BCUT2D eigenvalue weighted by Crippen LogP contribution is -2.13. The number of hydrogen-bond donors (Lipinski definition) is 1. The molecule has 25 heavy (non-hydrogen) atoms. The second-order valence-electron chi connectivity index (χ2n) is 6.24. The van der Waals surface area contributed by atoms with Crippen molar-refractivity contribution in [3.8, 4) is 0 Å². The van der Waals surface area contributed by atoms with E-state index >= 15 is 0 Å². The summed E-state index contributed by atoms with van der Waals surface area (Å²) >= 11 is 1.74. The van der Waals surface area contributed by atoms with E-state index in [0.717, 1.165) is 35.6 Å². The van der Waals surface area contributed by atoms with Crippen LogP contribution in [0.4, 0.5) is 0 Å². The van der Waals surface area contributed by atoms with Crippen molar-refractivity contribution in [1.29, 1.82) is 5.41 Å². The van der Waals surface area contributed by atoms with Crippen LogP contribution in [0.2, 0.25) is 0 Å². The van der Waals surface area contributed by atoms with Crippen LogP contribution in [0.3, 0.4) is 0 Å². The molecule has 0 aromatic carbocycles. The molecule has 0 aromatic rings. The maximum absolute atomic E-state index is 7.48. The van der Waals surface area contributed by atoms with Crippen molar-refractivity contribution in [2.45, 2.75) is 52.2 Å². The van der Waals surface area contributed by atoms with Crippen molar-refractivity contribution >= 4 is 28.7 Å². The van der Waals surface area contributed by atoms with Gasteiger partial charge in [0, 0.05) is 47.0 Å². The average Bonchev–Trinajstić information content (AvgIpc) is 2.89. The number of thioether (sulfide) groups is 1. The molecule has 3 nitrogen and oxygen atoms in total. The number of nitrogens with one attached hydrogen (secondary N) is 1. The minimum Gasteiger partial charge on any atom is -0.308 e. The van der Waals surface area contributed by atoms with Crippen LogP contribution in [0.1, 0.15) is 47.0 Å². The molecule has 2 rings (SSSR count). The molecule has 1 atom stereocenters. The summed E-state index contributed by atoms with van der Waals surface area (Å²) in [7, 11) is 0. The first-order valence-corrected chi connectivity index (χ1v) is 9.58. The first-order valence-electron chi connectivity index (χ1n) is 8.70. The summed E-state index contributed by atoms with van der Waals surface area (Å²) in [4.78, 5) is 9.60. The number of allylic oxidation sites excluding steroid dienone is 8. The molecule has 1 heterocycles. The van der Waals surface area contributed by atoms with Gasteiger partial charge in [0.25, 0.3) is 0 Å². The summed E-state index contributed by atoms with van der Waals surface area (Å²) in [6.45, 7) is 12.2. The van der Waals surface area contributed by atoms with Gasteiger partial charge in [0.2, 0.25) is 0 Å². The smallest absolute Gasteiger partial charge is 0.0710 e. The van der Waals surface area contributed by atoms with Crippen LogP contribution in [0.25, 0.3) is 0 Å². The lowest BCUT2D eigenvalue weighted by molar-refractivity contribution is 1.06. The lowest BCUT2D eigenvalue weighted by Gasteiger charge is -2.12. The van der Waals surface area contributed by atoms with Gasteiger partial charge in [-0.05, 0) is 32.8 Å². The third kappa shape index (κ3) is 5.02. The molecule has 0 bridgehead atoms. The van der Waals surface area contributed by atoms with E-state index in [2.05, 4.69) is 45.6 Å². The van der Waals surface area contributed by atoms with Crippen LogP contribution in [-0.4, -0.2) is 22.2 Å². The molecule has 0 radical (unpaired) electrons. The predicted octanol–water partition coefficient (Wildman–Crippen LogP) is 6.03. The largest absolute Gasteiger partial charge is 0.308 e. The van der Waals surface area contributed by atoms with Crippen molar-refractivity contribution < 1.29 is 0 Å². The van der Waals surface area contributed by atoms with Crippen molar-refractivity contribution in [2.75, 3.05) is 0 Å². The maximum atomic E-state index is 7.48. The Balaban J connectivity index is 2.09. The Morgan fingerprint density at radius 3 is 2.92 bits per heavy atom. The number of nitrogens with zero attached hydrogens (tertiary/aromatic N) is 2. The second-order valence-corrected chi connectivity index (χ2v) is 7.78. The van der Waals surface area contributed by atoms with E-state index in [1.165, 1.54) is 28.8 Å². The zero-order valence-electron chi connectivity index (χ0n) is 15.6. The molecule has 1 unspecified atom stereocenters. The molecule has 0 aromatic heterocycles. The summed E-state index contributed by atoms with van der Waals surface area (Å²) in [5.41, 5.74) is 6.77. The van der Waals surface area contributed by atoms with Crippen LogP contribution in [-0.2, 0) is 0 Å². The van der Waals surface area contributed by atoms with Crippen LogP contribution >= 0.6 is 11.8 Å². The second kappa shape index (κ2) is 8.95. The van der Waals surface area contributed by atoms with Crippen molar-refractivity contribution in [3.63, 3.8) is 0 Å².